The van der Waals surface area contributed by atoms with E-state index in [-0.39, 0.29) is 6.03 Å². The topological polar surface area (TPSA) is 92.1 Å². The Balaban J connectivity index is 1.46. The molecule has 25 heavy (non-hydrogen) atoms. The van der Waals surface area contributed by atoms with Crippen LogP contribution in [0.1, 0.15) is 19.2 Å². The maximum absolute atomic E-state index is 12.4. The average Bonchev–Trinajstić information content (AvgIpc) is 2.96. The largest absolute Gasteiger partial charge is 0.339 e. The third-order valence-corrected chi connectivity index (χ3v) is 4.28. The third kappa shape index (κ3) is 4.43. The van der Waals surface area contributed by atoms with Crippen molar-refractivity contribution in [3.8, 4) is 0 Å². The number of hydrogen-bond acceptors (Lipinski definition) is 6. The Hall–Kier alpha value is -2.71. The van der Waals surface area contributed by atoms with E-state index in [9.17, 15) is 4.79 Å². The van der Waals surface area contributed by atoms with E-state index < -0.39 is 0 Å². The fraction of sp³-hybridized carbons (Fsp3) is 0.562. The molecule has 1 saturated heterocycles. The lowest BCUT2D eigenvalue weighted by molar-refractivity contribution is 0.201. The van der Waals surface area contributed by atoms with Crippen LogP contribution in [0.25, 0.3) is 0 Å². The van der Waals surface area contributed by atoms with Crippen LogP contribution in [0.15, 0.2) is 24.8 Å². The zero-order chi connectivity index (χ0) is 17.5. The number of aryl methyl sites for hydroxylation is 1. The maximum atomic E-state index is 12.4. The number of nitrogens with zero attached hydrogens (tertiary/aromatic N) is 7. The average molecular weight is 344 g/mol. The highest BCUT2D eigenvalue weighted by Gasteiger charge is 2.20. The Morgan fingerprint density at radius 2 is 2.04 bits per heavy atom. The van der Waals surface area contributed by atoms with Gasteiger partial charge in [-0.15, -0.1) is 10.2 Å². The number of hydrogen-bond donors (Lipinski definition) is 1. The van der Waals surface area contributed by atoms with Crippen LogP contribution in [0.4, 0.5) is 10.7 Å². The van der Waals surface area contributed by atoms with Crippen LogP contribution in [0.5, 0.6) is 0 Å². The molecule has 2 aromatic heterocycles. The number of aromatic nitrogens is 5. The van der Waals surface area contributed by atoms with E-state index in [0.29, 0.717) is 19.5 Å². The monoisotopic (exact) mass is 344 g/mol. The summed E-state index contributed by atoms with van der Waals surface area (Å²) in [5.41, 5.74) is 0. The zero-order valence-electron chi connectivity index (χ0n) is 14.5. The van der Waals surface area contributed by atoms with Crippen LogP contribution in [-0.4, -0.2) is 68.4 Å². The van der Waals surface area contributed by atoms with Crippen molar-refractivity contribution in [3.63, 3.8) is 0 Å². The van der Waals surface area contributed by atoms with Crippen LogP contribution in [0.2, 0.25) is 0 Å². The highest BCUT2D eigenvalue weighted by molar-refractivity contribution is 5.74. The van der Waals surface area contributed by atoms with Gasteiger partial charge in [-0.25, -0.2) is 14.8 Å². The number of anilines is 1. The van der Waals surface area contributed by atoms with E-state index in [2.05, 4.69) is 30.4 Å². The van der Waals surface area contributed by atoms with Gasteiger partial charge < -0.3 is 19.7 Å². The predicted octanol–water partition coefficient (Wildman–Crippen LogP) is 0.552. The van der Waals surface area contributed by atoms with Gasteiger partial charge in [-0.2, -0.15) is 0 Å². The van der Waals surface area contributed by atoms with Gasteiger partial charge >= 0.3 is 6.03 Å². The van der Waals surface area contributed by atoms with Crippen LogP contribution in [-0.2, 0) is 13.0 Å². The highest BCUT2D eigenvalue weighted by atomic mass is 16.2. The molecule has 1 fully saturated rings. The number of nitrogens with one attached hydrogen (secondary N) is 1. The molecule has 134 valence electrons. The van der Waals surface area contributed by atoms with Gasteiger partial charge in [-0.05, 0) is 19.4 Å². The number of rotatable bonds is 5. The van der Waals surface area contributed by atoms with Crippen LogP contribution in [0.3, 0.4) is 0 Å². The third-order valence-electron chi connectivity index (χ3n) is 4.28. The van der Waals surface area contributed by atoms with E-state index in [0.717, 1.165) is 44.4 Å². The minimum Gasteiger partial charge on any atom is -0.339 e. The Morgan fingerprint density at radius 3 is 2.84 bits per heavy atom. The summed E-state index contributed by atoms with van der Waals surface area (Å²) in [5, 5.41) is 11.0. The molecular formula is C16H24N8O. The lowest BCUT2D eigenvalue weighted by Crippen LogP contribution is -2.43. The van der Waals surface area contributed by atoms with Crippen molar-refractivity contribution in [2.75, 3.05) is 37.6 Å². The first-order valence-electron chi connectivity index (χ1n) is 8.69. The molecule has 3 rings (SSSR count). The van der Waals surface area contributed by atoms with Crippen molar-refractivity contribution >= 4 is 12.0 Å². The van der Waals surface area contributed by atoms with Crippen molar-refractivity contribution in [3.05, 3.63) is 30.6 Å². The summed E-state index contributed by atoms with van der Waals surface area (Å²) in [7, 11) is 0. The number of amides is 2. The molecule has 9 nitrogen and oxygen atoms in total. The fourth-order valence-electron chi connectivity index (χ4n) is 2.90. The van der Waals surface area contributed by atoms with Gasteiger partial charge in [0, 0.05) is 58.1 Å². The van der Waals surface area contributed by atoms with E-state index in [1.165, 1.54) is 0 Å². The van der Waals surface area contributed by atoms with Crippen LogP contribution < -0.4 is 10.2 Å². The van der Waals surface area contributed by atoms with Gasteiger partial charge in [0.1, 0.15) is 12.2 Å². The molecule has 2 aromatic rings. The number of urea groups is 1. The molecule has 0 atom stereocenters. The molecule has 1 aliphatic rings. The zero-order valence-corrected chi connectivity index (χ0v) is 14.5. The molecule has 0 aromatic carbocycles. The molecule has 0 radical (unpaired) electrons. The predicted molar refractivity (Wildman–Crippen MR) is 93.2 cm³/mol. The van der Waals surface area contributed by atoms with Crippen molar-refractivity contribution in [2.24, 2.45) is 0 Å². The fourth-order valence-corrected chi connectivity index (χ4v) is 2.90. The molecule has 0 bridgehead atoms. The van der Waals surface area contributed by atoms with Gasteiger partial charge in [0.15, 0.2) is 0 Å². The lowest BCUT2D eigenvalue weighted by Gasteiger charge is -2.22. The summed E-state index contributed by atoms with van der Waals surface area (Å²) in [6.45, 7) is 6.43. The van der Waals surface area contributed by atoms with Gasteiger partial charge in [0.2, 0.25) is 5.95 Å². The van der Waals surface area contributed by atoms with Crippen molar-refractivity contribution < 1.29 is 4.79 Å². The summed E-state index contributed by atoms with van der Waals surface area (Å²) in [5.74, 6) is 1.62. The molecule has 9 heteroatoms. The molecule has 0 unspecified atom stereocenters. The first kappa shape index (κ1) is 17.1. The molecule has 0 aliphatic carbocycles. The Labute approximate surface area is 147 Å². The first-order chi connectivity index (χ1) is 12.3. The Kier molecular flexibility index (Phi) is 5.76. The van der Waals surface area contributed by atoms with Gasteiger partial charge in [-0.1, -0.05) is 0 Å². The minimum absolute atomic E-state index is 0.0293. The first-order valence-corrected chi connectivity index (χ1v) is 8.69. The quantitative estimate of drug-likeness (QED) is 0.852. The second-order valence-electron chi connectivity index (χ2n) is 5.89. The van der Waals surface area contributed by atoms with Crippen molar-refractivity contribution in [1.29, 1.82) is 0 Å². The van der Waals surface area contributed by atoms with Gasteiger partial charge in [-0.3, -0.25) is 0 Å². The molecule has 2 amide bonds. The van der Waals surface area contributed by atoms with Gasteiger partial charge in [0.25, 0.3) is 0 Å². The molecule has 0 saturated carbocycles. The lowest BCUT2D eigenvalue weighted by atomic mass is 10.4. The number of carbonyl (C=O) groups excluding carboxylic acids is 1. The summed E-state index contributed by atoms with van der Waals surface area (Å²) < 4.78 is 1.98. The molecular weight excluding hydrogens is 320 g/mol. The summed E-state index contributed by atoms with van der Waals surface area (Å²) in [4.78, 5) is 25.0. The van der Waals surface area contributed by atoms with Crippen LogP contribution in [0, 0.1) is 0 Å². The summed E-state index contributed by atoms with van der Waals surface area (Å²) in [6.07, 6.45) is 6.78. The van der Waals surface area contributed by atoms with E-state index >= 15 is 0 Å². The van der Waals surface area contributed by atoms with Crippen molar-refractivity contribution in [1.82, 2.24) is 34.9 Å². The standard InChI is InChI=1S/C16H24N8O/c1-2-22-13-20-21-14(22)5-8-19-16(25)24-10-4-9-23(11-12-24)15-17-6-3-7-18-15/h3,6-7,13H,2,4-5,8-12H2,1H3,(H,19,25). The second-order valence-corrected chi connectivity index (χ2v) is 5.89. The van der Waals surface area contributed by atoms with Crippen molar-refractivity contribution in [2.45, 2.75) is 26.3 Å². The van der Waals surface area contributed by atoms with E-state index in [1.807, 2.05) is 16.4 Å². The van der Waals surface area contributed by atoms with E-state index in [4.69, 9.17) is 0 Å². The Bertz CT molecular complexity index is 674. The SMILES string of the molecule is CCn1cnnc1CCNC(=O)N1CCCN(c2ncccn2)CC1. The smallest absolute Gasteiger partial charge is 0.317 e. The van der Waals surface area contributed by atoms with Gasteiger partial charge in [0.05, 0.1) is 0 Å². The normalized spacial score (nSPS) is 15.1. The highest BCUT2D eigenvalue weighted by Crippen LogP contribution is 2.10. The molecule has 0 spiro atoms. The second kappa shape index (κ2) is 8.41. The molecule has 1 aliphatic heterocycles. The van der Waals surface area contributed by atoms with E-state index in [1.54, 1.807) is 24.8 Å². The summed E-state index contributed by atoms with van der Waals surface area (Å²) >= 11 is 0. The minimum atomic E-state index is -0.0293. The Morgan fingerprint density at radius 1 is 1.20 bits per heavy atom. The molecule has 3 heterocycles. The number of carbonyl (C=O) groups is 1. The molecule has 1 N–H and O–H groups in total. The summed E-state index contributed by atoms with van der Waals surface area (Å²) in [6, 6.07) is 1.78. The maximum Gasteiger partial charge on any atom is 0.317 e. The van der Waals surface area contributed by atoms with Crippen LogP contribution >= 0.6 is 0 Å².